The predicted octanol–water partition coefficient (Wildman–Crippen LogP) is 4.82. The number of aromatic nitrogens is 1. The molecule has 0 radical (unpaired) electrons. The van der Waals surface area contributed by atoms with Gasteiger partial charge < -0.3 is 10.6 Å². The minimum Gasteiger partial charge on any atom is -0.367 e. The molecule has 148 valence electrons. The van der Waals surface area contributed by atoms with E-state index in [1.165, 1.54) is 41.4 Å². The van der Waals surface area contributed by atoms with Crippen molar-refractivity contribution >= 4 is 23.3 Å². The molecule has 4 rings (SSSR count). The Balaban J connectivity index is 1.30. The third-order valence-electron chi connectivity index (χ3n) is 5.87. The van der Waals surface area contributed by atoms with Gasteiger partial charge in [-0.1, -0.05) is 11.6 Å². The highest BCUT2D eigenvalue weighted by atomic mass is 35.5. The Morgan fingerprint density at radius 1 is 1.14 bits per heavy atom. The van der Waals surface area contributed by atoms with Crippen molar-refractivity contribution < 1.29 is 9.18 Å². The van der Waals surface area contributed by atoms with Gasteiger partial charge in [0.2, 0.25) is 0 Å². The highest BCUT2D eigenvalue weighted by molar-refractivity contribution is 6.31. The smallest absolute Gasteiger partial charge is 0.251 e. The summed E-state index contributed by atoms with van der Waals surface area (Å²) in [6, 6.07) is 6.73. The van der Waals surface area contributed by atoms with Crippen LogP contribution in [-0.4, -0.2) is 23.0 Å². The van der Waals surface area contributed by atoms with Crippen LogP contribution < -0.4 is 10.6 Å². The molecule has 0 spiro atoms. The predicted molar refractivity (Wildman–Crippen MR) is 110 cm³/mol. The summed E-state index contributed by atoms with van der Waals surface area (Å²) in [7, 11) is 0. The van der Waals surface area contributed by atoms with Crippen molar-refractivity contribution in [3.63, 3.8) is 0 Å². The van der Waals surface area contributed by atoms with Crippen molar-refractivity contribution in [3.8, 4) is 0 Å². The molecule has 0 saturated heterocycles. The van der Waals surface area contributed by atoms with E-state index in [4.69, 9.17) is 16.6 Å². The zero-order valence-electron chi connectivity index (χ0n) is 16.0. The minimum absolute atomic E-state index is 0.0299. The molecule has 1 aromatic heterocycles. The molecular formula is C22H25ClFN3O. The number of benzene rings is 1. The number of fused-ring (bicyclic) bond motifs is 1. The first-order valence-electron chi connectivity index (χ1n) is 10.0. The number of hydrogen-bond donors (Lipinski definition) is 2. The molecule has 0 unspecified atom stereocenters. The van der Waals surface area contributed by atoms with Crippen LogP contribution in [0.4, 0.5) is 10.2 Å². The summed E-state index contributed by atoms with van der Waals surface area (Å²) in [6.07, 6.45) is 7.21. The van der Waals surface area contributed by atoms with Crippen molar-refractivity contribution in [3.05, 3.63) is 57.5 Å². The molecule has 1 aromatic carbocycles. The molecule has 0 bridgehead atoms. The van der Waals surface area contributed by atoms with Crippen molar-refractivity contribution in [1.82, 2.24) is 10.3 Å². The highest BCUT2D eigenvalue weighted by Crippen LogP contribution is 2.28. The average molecular weight is 402 g/mol. The van der Waals surface area contributed by atoms with Crippen LogP contribution in [0.25, 0.3) is 0 Å². The van der Waals surface area contributed by atoms with Crippen molar-refractivity contribution in [2.45, 2.75) is 64.0 Å². The molecule has 6 heteroatoms. The molecule has 1 saturated carbocycles. The van der Waals surface area contributed by atoms with Gasteiger partial charge in [-0.2, -0.15) is 0 Å². The van der Waals surface area contributed by atoms with E-state index < -0.39 is 5.82 Å². The molecule has 4 nitrogen and oxygen atoms in total. The van der Waals surface area contributed by atoms with E-state index in [9.17, 15) is 9.18 Å². The van der Waals surface area contributed by atoms with E-state index in [0.29, 0.717) is 11.6 Å². The van der Waals surface area contributed by atoms with E-state index >= 15 is 0 Å². The van der Waals surface area contributed by atoms with Crippen LogP contribution in [0.5, 0.6) is 0 Å². The lowest BCUT2D eigenvalue weighted by Crippen LogP contribution is -2.40. The monoisotopic (exact) mass is 401 g/mol. The van der Waals surface area contributed by atoms with Gasteiger partial charge >= 0.3 is 0 Å². The molecule has 0 atom stereocenters. The van der Waals surface area contributed by atoms with Gasteiger partial charge in [0.05, 0.1) is 5.02 Å². The van der Waals surface area contributed by atoms with E-state index in [1.54, 1.807) is 0 Å². The number of aryl methyl sites for hydroxylation is 2. The van der Waals surface area contributed by atoms with Crippen molar-refractivity contribution in [2.24, 2.45) is 0 Å². The quantitative estimate of drug-likeness (QED) is 0.771. The summed E-state index contributed by atoms with van der Waals surface area (Å²) in [5.74, 6) is 0.265. The molecule has 2 aliphatic carbocycles. The summed E-state index contributed by atoms with van der Waals surface area (Å²) in [4.78, 5) is 17.2. The second-order valence-electron chi connectivity index (χ2n) is 7.90. The van der Waals surface area contributed by atoms with E-state index in [-0.39, 0.29) is 17.0 Å². The first-order valence-corrected chi connectivity index (χ1v) is 10.4. The first-order chi connectivity index (χ1) is 13.5. The fourth-order valence-corrected chi connectivity index (χ4v) is 4.50. The second-order valence-corrected chi connectivity index (χ2v) is 8.31. The third-order valence-corrected chi connectivity index (χ3v) is 6.16. The molecule has 1 heterocycles. The van der Waals surface area contributed by atoms with Gasteiger partial charge in [0, 0.05) is 23.3 Å². The molecular weight excluding hydrogens is 377 g/mol. The summed E-state index contributed by atoms with van der Waals surface area (Å²) in [5, 5.41) is 6.60. The van der Waals surface area contributed by atoms with Crippen LogP contribution in [0.15, 0.2) is 24.3 Å². The van der Waals surface area contributed by atoms with E-state index in [0.717, 1.165) is 44.3 Å². The summed E-state index contributed by atoms with van der Waals surface area (Å²) >= 11 is 5.77. The summed E-state index contributed by atoms with van der Waals surface area (Å²) in [5.41, 5.74) is 4.41. The van der Waals surface area contributed by atoms with Gasteiger partial charge in [-0.15, -0.1) is 0 Å². The zero-order valence-corrected chi connectivity index (χ0v) is 16.8. The number of halogens is 2. The number of pyridine rings is 1. The lowest BCUT2D eigenvalue weighted by Gasteiger charge is -2.30. The SMILES string of the molecule is Cc1cc(NC2CCC(NC(=O)c3ccc(F)c(Cl)c3)CC2)nc2c1CCC2. The average Bonchev–Trinajstić information content (AvgIpc) is 3.15. The minimum atomic E-state index is -0.514. The van der Waals surface area contributed by atoms with Crippen molar-refractivity contribution in [1.29, 1.82) is 0 Å². The number of carbonyl (C=O) groups excluding carboxylic acids is 1. The Kier molecular flexibility index (Phi) is 5.54. The Bertz CT molecular complexity index is 894. The van der Waals surface area contributed by atoms with Gasteiger partial charge in [0.1, 0.15) is 11.6 Å². The standard InChI is InChI=1S/C22H25ClFN3O/c1-13-11-21(27-20-4-2-3-17(13)20)25-15-6-8-16(9-7-15)26-22(28)14-5-10-19(24)18(23)12-14/h5,10-12,15-16H,2-4,6-9H2,1H3,(H,25,27)(H,26,28). The van der Waals surface area contributed by atoms with Gasteiger partial charge in [-0.3, -0.25) is 4.79 Å². The Hall–Kier alpha value is -2.14. The molecule has 2 aromatic rings. The van der Waals surface area contributed by atoms with Crippen LogP contribution in [0.2, 0.25) is 5.02 Å². The van der Waals surface area contributed by atoms with Crippen LogP contribution in [0, 0.1) is 12.7 Å². The highest BCUT2D eigenvalue weighted by Gasteiger charge is 2.24. The maximum atomic E-state index is 13.3. The fourth-order valence-electron chi connectivity index (χ4n) is 4.32. The van der Waals surface area contributed by atoms with E-state index in [2.05, 4.69) is 23.6 Å². The normalized spacial score (nSPS) is 21.2. The molecule has 28 heavy (non-hydrogen) atoms. The van der Waals surface area contributed by atoms with Gasteiger partial charge in [-0.05, 0) is 87.3 Å². The molecule has 2 aliphatic rings. The Morgan fingerprint density at radius 2 is 1.89 bits per heavy atom. The van der Waals surface area contributed by atoms with E-state index in [1.807, 2.05) is 0 Å². The maximum absolute atomic E-state index is 13.3. The lowest BCUT2D eigenvalue weighted by atomic mass is 9.91. The van der Waals surface area contributed by atoms with Crippen LogP contribution in [-0.2, 0) is 12.8 Å². The number of rotatable bonds is 4. The Morgan fingerprint density at radius 3 is 2.64 bits per heavy atom. The molecule has 2 N–H and O–H groups in total. The first kappa shape index (κ1) is 19.2. The lowest BCUT2D eigenvalue weighted by molar-refractivity contribution is 0.0926. The second kappa shape index (κ2) is 8.08. The zero-order chi connectivity index (χ0) is 19.7. The van der Waals surface area contributed by atoms with Gasteiger partial charge in [-0.25, -0.2) is 9.37 Å². The molecule has 0 aliphatic heterocycles. The number of amides is 1. The number of anilines is 1. The summed E-state index contributed by atoms with van der Waals surface area (Å²) in [6.45, 7) is 2.17. The number of hydrogen-bond acceptors (Lipinski definition) is 3. The van der Waals surface area contributed by atoms with Gasteiger partial charge in [0.15, 0.2) is 0 Å². The topological polar surface area (TPSA) is 54.0 Å². The molecule has 1 amide bonds. The number of carbonyl (C=O) groups is 1. The molecule has 1 fully saturated rings. The fraction of sp³-hybridized carbons (Fsp3) is 0.455. The Labute approximate surface area is 169 Å². The third kappa shape index (κ3) is 4.14. The van der Waals surface area contributed by atoms with Crippen molar-refractivity contribution in [2.75, 3.05) is 5.32 Å². The van der Waals surface area contributed by atoms with Crippen LogP contribution in [0.3, 0.4) is 0 Å². The maximum Gasteiger partial charge on any atom is 0.251 e. The van der Waals surface area contributed by atoms with Gasteiger partial charge in [0.25, 0.3) is 5.91 Å². The summed E-state index contributed by atoms with van der Waals surface area (Å²) < 4.78 is 13.3. The number of nitrogens with zero attached hydrogens (tertiary/aromatic N) is 1. The van der Waals surface area contributed by atoms with Crippen LogP contribution >= 0.6 is 11.6 Å². The number of nitrogens with one attached hydrogen (secondary N) is 2. The largest absolute Gasteiger partial charge is 0.367 e. The van der Waals surface area contributed by atoms with Crippen LogP contribution in [0.1, 0.15) is 59.3 Å².